The van der Waals surface area contributed by atoms with Crippen LogP contribution in [-0.2, 0) is 0 Å². The van der Waals surface area contributed by atoms with Crippen LogP contribution < -0.4 is 0 Å². The van der Waals surface area contributed by atoms with Gasteiger partial charge in [0, 0.05) is 17.1 Å². The lowest BCUT2D eigenvalue weighted by molar-refractivity contribution is 0.101. The number of piperidine rings is 1. The van der Waals surface area contributed by atoms with Gasteiger partial charge in [-0.15, -0.1) is 0 Å². The van der Waals surface area contributed by atoms with Crippen molar-refractivity contribution in [1.82, 2.24) is 4.90 Å². The van der Waals surface area contributed by atoms with Gasteiger partial charge in [-0.2, -0.15) is 0 Å². The highest BCUT2D eigenvalue weighted by molar-refractivity contribution is 9.11. The maximum atomic E-state index is 9.30. The molecule has 1 aliphatic heterocycles. The first kappa shape index (κ1) is 14.9. The molecule has 0 bridgehead atoms. The van der Waals surface area contributed by atoms with Gasteiger partial charge in [-0.25, -0.2) is 0 Å². The van der Waals surface area contributed by atoms with Gasteiger partial charge in [0.25, 0.3) is 0 Å². The lowest BCUT2D eigenvalue weighted by Gasteiger charge is -2.33. The third-order valence-corrected chi connectivity index (χ3v) is 3.60. The Labute approximate surface area is 114 Å². The molecular formula is C14H24BrNO. The van der Waals surface area contributed by atoms with E-state index in [1.54, 1.807) is 0 Å². The van der Waals surface area contributed by atoms with Crippen LogP contribution in [0.3, 0.4) is 0 Å². The normalized spacial score (nSPS) is 23.8. The van der Waals surface area contributed by atoms with Crippen LogP contribution in [-0.4, -0.2) is 35.7 Å². The number of hydrogen-bond donors (Lipinski definition) is 1. The highest BCUT2D eigenvalue weighted by Crippen LogP contribution is 2.17. The molecule has 0 amide bonds. The van der Waals surface area contributed by atoms with Gasteiger partial charge in [0.05, 0.1) is 6.61 Å². The van der Waals surface area contributed by atoms with Crippen molar-refractivity contribution in [2.75, 3.05) is 19.7 Å². The van der Waals surface area contributed by atoms with E-state index in [1.807, 2.05) is 0 Å². The Morgan fingerprint density at radius 3 is 2.88 bits per heavy atom. The van der Waals surface area contributed by atoms with E-state index in [4.69, 9.17) is 0 Å². The molecule has 0 aromatic carbocycles. The van der Waals surface area contributed by atoms with Gasteiger partial charge < -0.3 is 5.11 Å². The van der Waals surface area contributed by atoms with Crippen molar-refractivity contribution in [3.05, 3.63) is 22.7 Å². The maximum absolute atomic E-state index is 9.30. The van der Waals surface area contributed by atoms with Gasteiger partial charge in [0.1, 0.15) is 0 Å². The van der Waals surface area contributed by atoms with Crippen molar-refractivity contribution in [3.8, 4) is 0 Å². The van der Waals surface area contributed by atoms with E-state index in [0.29, 0.717) is 12.0 Å². The summed E-state index contributed by atoms with van der Waals surface area (Å²) in [6, 6.07) is 0.362. The van der Waals surface area contributed by atoms with Gasteiger partial charge in [0.2, 0.25) is 0 Å². The molecule has 0 aromatic rings. The standard InChI is InChI=1S/C14H24BrNO/c1-12(2)10-13(15)6-5-9-16-8-4-3-7-14(16)11-17/h5-6,10,12,14,17H,3-4,7-9,11H2,1-2H3/b6-5+,13-10-. The Hall–Kier alpha value is -0.120. The number of likely N-dealkylation sites (tertiary alicyclic amines) is 1. The second-order valence-corrected chi connectivity index (χ2v) is 5.94. The molecule has 2 nitrogen and oxygen atoms in total. The molecule has 1 aliphatic rings. The topological polar surface area (TPSA) is 23.5 Å². The van der Waals surface area contributed by atoms with Crippen LogP contribution in [0.5, 0.6) is 0 Å². The van der Waals surface area contributed by atoms with E-state index in [1.165, 1.54) is 12.8 Å². The van der Waals surface area contributed by atoms with Gasteiger partial charge in [0.15, 0.2) is 0 Å². The number of rotatable bonds is 5. The molecule has 0 saturated carbocycles. The smallest absolute Gasteiger partial charge is 0.0586 e. The molecule has 1 atom stereocenters. The molecule has 3 heteroatoms. The van der Waals surface area contributed by atoms with Gasteiger partial charge in [-0.05, 0) is 25.3 Å². The summed E-state index contributed by atoms with van der Waals surface area (Å²) in [7, 11) is 0. The Balaban J connectivity index is 2.40. The van der Waals surface area contributed by atoms with Crippen molar-refractivity contribution in [1.29, 1.82) is 0 Å². The zero-order chi connectivity index (χ0) is 12.7. The van der Waals surface area contributed by atoms with Crippen molar-refractivity contribution in [2.45, 2.75) is 39.2 Å². The summed E-state index contributed by atoms with van der Waals surface area (Å²) in [5.74, 6) is 0.564. The number of allylic oxidation sites excluding steroid dienone is 3. The van der Waals surface area contributed by atoms with Crippen molar-refractivity contribution in [2.24, 2.45) is 5.92 Å². The van der Waals surface area contributed by atoms with E-state index >= 15 is 0 Å². The second-order valence-electron chi connectivity index (χ2n) is 5.03. The molecule has 0 radical (unpaired) electrons. The van der Waals surface area contributed by atoms with Crippen LogP contribution in [0.25, 0.3) is 0 Å². The molecule has 1 saturated heterocycles. The van der Waals surface area contributed by atoms with Crippen LogP contribution in [0.4, 0.5) is 0 Å². The average molecular weight is 302 g/mol. The van der Waals surface area contributed by atoms with Crippen LogP contribution in [0, 0.1) is 5.92 Å². The predicted octanol–water partition coefficient (Wildman–Crippen LogP) is 3.32. The van der Waals surface area contributed by atoms with E-state index in [2.05, 4.69) is 52.9 Å². The van der Waals surface area contributed by atoms with Crippen molar-refractivity contribution < 1.29 is 5.11 Å². The molecule has 1 N–H and O–H groups in total. The molecule has 0 spiro atoms. The molecule has 17 heavy (non-hydrogen) atoms. The Morgan fingerprint density at radius 2 is 2.24 bits per heavy atom. The third-order valence-electron chi connectivity index (χ3n) is 3.07. The molecule has 0 aliphatic carbocycles. The number of aliphatic hydroxyl groups excluding tert-OH is 1. The lowest BCUT2D eigenvalue weighted by atomic mass is 10.0. The van der Waals surface area contributed by atoms with Crippen LogP contribution in [0.2, 0.25) is 0 Å². The molecule has 1 heterocycles. The highest BCUT2D eigenvalue weighted by Gasteiger charge is 2.19. The zero-order valence-corrected chi connectivity index (χ0v) is 12.5. The fraction of sp³-hybridized carbons (Fsp3) is 0.714. The van der Waals surface area contributed by atoms with Gasteiger partial charge in [-0.3, -0.25) is 4.90 Å². The SMILES string of the molecule is CC(C)/C=C(Br)/C=C/CN1CCCCC1CO. The summed E-state index contributed by atoms with van der Waals surface area (Å²) in [5, 5.41) is 9.30. The minimum Gasteiger partial charge on any atom is -0.395 e. The molecule has 1 rings (SSSR count). The number of nitrogens with zero attached hydrogens (tertiary/aromatic N) is 1. The number of halogens is 1. The minimum absolute atomic E-state index is 0.289. The summed E-state index contributed by atoms with van der Waals surface area (Å²) in [5.41, 5.74) is 0. The summed E-state index contributed by atoms with van der Waals surface area (Å²) in [6.45, 7) is 6.67. The van der Waals surface area contributed by atoms with E-state index in [-0.39, 0.29) is 6.61 Å². The fourth-order valence-electron chi connectivity index (χ4n) is 2.18. The average Bonchev–Trinajstić information content (AvgIpc) is 2.28. The molecule has 0 aromatic heterocycles. The molecule has 1 fully saturated rings. The first-order valence-corrected chi connectivity index (χ1v) is 7.31. The second kappa shape index (κ2) is 8.06. The van der Waals surface area contributed by atoms with Crippen molar-refractivity contribution in [3.63, 3.8) is 0 Å². The monoisotopic (exact) mass is 301 g/mol. The summed E-state index contributed by atoms with van der Waals surface area (Å²) >= 11 is 3.54. The first-order valence-electron chi connectivity index (χ1n) is 6.52. The zero-order valence-electron chi connectivity index (χ0n) is 10.9. The first-order chi connectivity index (χ1) is 8.13. The number of aliphatic hydroxyl groups is 1. The van der Waals surface area contributed by atoms with Crippen LogP contribution in [0.1, 0.15) is 33.1 Å². The van der Waals surface area contributed by atoms with Crippen LogP contribution in [0.15, 0.2) is 22.7 Å². The van der Waals surface area contributed by atoms with Gasteiger partial charge in [-0.1, -0.05) is 54.4 Å². The third kappa shape index (κ3) is 5.84. The van der Waals surface area contributed by atoms with Crippen LogP contribution >= 0.6 is 15.9 Å². The summed E-state index contributed by atoms with van der Waals surface area (Å²) in [4.78, 5) is 2.37. The Bertz CT molecular complexity index is 273. The Kier molecular flexibility index (Phi) is 7.09. The van der Waals surface area contributed by atoms with Gasteiger partial charge >= 0.3 is 0 Å². The number of hydrogen-bond acceptors (Lipinski definition) is 2. The molecule has 1 unspecified atom stereocenters. The highest BCUT2D eigenvalue weighted by atomic mass is 79.9. The van der Waals surface area contributed by atoms with E-state index < -0.39 is 0 Å². The summed E-state index contributed by atoms with van der Waals surface area (Å²) in [6.07, 6.45) is 10.1. The van der Waals surface area contributed by atoms with Crippen molar-refractivity contribution >= 4 is 15.9 Å². The van der Waals surface area contributed by atoms with E-state index in [9.17, 15) is 5.11 Å². The predicted molar refractivity (Wildman–Crippen MR) is 77.3 cm³/mol. The van der Waals surface area contributed by atoms with E-state index in [0.717, 1.165) is 24.0 Å². The Morgan fingerprint density at radius 1 is 1.47 bits per heavy atom. The molecular weight excluding hydrogens is 278 g/mol. The maximum Gasteiger partial charge on any atom is 0.0586 e. The fourth-order valence-corrected chi connectivity index (χ4v) is 2.90. The quantitative estimate of drug-likeness (QED) is 0.788. The summed E-state index contributed by atoms with van der Waals surface area (Å²) < 4.78 is 1.14. The minimum atomic E-state index is 0.289. The lowest BCUT2D eigenvalue weighted by Crippen LogP contribution is -2.41. The largest absolute Gasteiger partial charge is 0.395 e. The molecule has 98 valence electrons.